The molecule has 0 unspecified atom stereocenters. The Morgan fingerprint density at radius 3 is 1.79 bits per heavy atom. The van der Waals surface area contributed by atoms with Gasteiger partial charge in [0.1, 0.15) is 22.9 Å². The summed E-state index contributed by atoms with van der Waals surface area (Å²) >= 11 is 0. The molecule has 0 bridgehead atoms. The molecule has 0 spiro atoms. The van der Waals surface area contributed by atoms with Crippen LogP contribution in [0.1, 0.15) is 27.2 Å². The molecule has 0 saturated carbocycles. The van der Waals surface area contributed by atoms with Gasteiger partial charge in [-0.2, -0.15) is 28.2 Å². The Kier molecular flexibility index (Phi) is 7.13. The summed E-state index contributed by atoms with van der Waals surface area (Å²) in [6.07, 6.45) is -5.67. The molecule has 174 valence electrons. The van der Waals surface area contributed by atoms with Crippen LogP contribution in [0.2, 0.25) is 0 Å². The molecular weight excluding hydrogens is 546 g/mol. The van der Waals surface area contributed by atoms with Gasteiger partial charge in [-0.15, -0.1) is 0 Å². The zero-order valence-electron chi connectivity index (χ0n) is 15.8. The van der Waals surface area contributed by atoms with Crippen molar-refractivity contribution in [1.82, 2.24) is 9.78 Å². The number of carbonyl (C=O) groups is 1. The number of nitrogens with zero attached hydrogens (tertiary/aromatic N) is 3. The molecule has 3 rings (SSSR count). The summed E-state index contributed by atoms with van der Waals surface area (Å²) in [6, 6.07) is 0.693. The van der Waals surface area contributed by atoms with E-state index >= 15 is 0 Å². The van der Waals surface area contributed by atoms with Crippen LogP contribution in [0.3, 0.4) is 0 Å². The summed E-state index contributed by atoms with van der Waals surface area (Å²) in [5.41, 5.74) is -9.46. The van der Waals surface area contributed by atoms with Crippen LogP contribution in [-0.4, -0.2) is 20.7 Å². The van der Waals surface area contributed by atoms with E-state index in [0.717, 1.165) is 6.07 Å². The number of nitriles is 1. The number of halogens is 10. The average Bonchev–Trinajstić information content (AvgIpc) is 3.07. The Labute approximate surface area is 193 Å². The van der Waals surface area contributed by atoms with Gasteiger partial charge < -0.3 is 5.11 Å². The van der Waals surface area contributed by atoms with Gasteiger partial charge in [0.25, 0.3) is 0 Å². The Morgan fingerprint density at radius 1 is 0.912 bits per heavy atom. The van der Waals surface area contributed by atoms with E-state index in [1.165, 1.54) is 0 Å². The SMILES string of the molecule is N#Cc1c(F)c(F)c(-n2nc(C(F)(F)F)c(C(=O)c3cc(F)c(F)c(F)c3)c2O)c(F)c1F.[Zn]. The van der Waals surface area contributed by atoms with Crippen LogP contribution in [0.4, 0.5) is 43.9 Å². The van der Waals surface area contributed by atoms with Crippen molar-refractivity contribution in [2.45, 2.75) is 6.18 Å². The second-order valence-electron chi connectivity index (χ2n) is 6.13. The van der Waals surface area contributed by atoms with Gasteiger partial charge in [0.05, 0.1) is 0 Å². The van der Waals surface area contributed by atoms with Gasteiger partial charge in [-0.3, -0.25) is 4.79 Å². The predicted octanol–water partition coefficient (Wildman–Crippen LogP) is 4.67. The maximum absolute atomic E-state index is 14.3. The van der Waals surface area contributed by atoms with Gasteiger partial charge in [-0.25, -0.2) is 30.7 Å². The maximum atomic E-state index is 14.3. The first kappa shape index (κ1) is 26.8. The molecule has 2 aromatic carbocycles. The molecule has 5 nitrogen and oxygen atoms in total. The number of rotatable bonds is 3. The van der Waals surface area contributed by atoms with Crippen molar-refractivity contribution in [3.05, 3.63) is 75.2 Å². The van der Waals surface area contributed by atoms with Crippen LogP contribution in [0.25, 0.3) is 5.69 Å². The van der Waals surface area contributed by atoms with Crippen LogP contribution in [0.5, 0.6) is 5.88 Å². The summed E-state index contributed by atoms with van der Waals surface area (Å²) in [5.74, 6) is -19.8. The smallest absolute Gasteiger partial charge is 0.436 e. The van der Waals surface area contributed by atoms with E-state index in [9.17, 15) is 53.8 Å². The predicted molar refractivity (Wildman–Crippen MR) is 84.5 cm³/mol. The second kappa shape index (κ2) is 9.05. The molecule has 0 saturated heterocycles. The molecule has 1 N–H and O–H groups in total. The summed E-state index contributed by atoms with van der Waals surface area (Å²) < 4.78 is 136. The number of hydrogen-bond donors (Lipinski definition) is 1. The van der Waals surface area contributed by atoms with E-state index in [0.29, 0.717) is 0 Å². The van der Waals surface area contributed by atoms with Gasteiger partial charge in [-0.1, -0.05) is 0 Å². The number of benzene rings is 2. The van der Waals surface area contributed by atoms with Crippen LogP contribution in [-0.2, 0) is 25.7 Å². The average molecular weight is 549 g/mol. The number of ketones is 1. The number of aromatic hydroxyl groups is 1. The van der Waals surface area contributed by atoms with Gasteiger partial charge in [-0.05, 0) is 12.1 Å². The van der Waals surface area contributed by atoms with Crippen molar-refractivity contribution in [3.8, 4) is 17.6 Å². The zero-order chi connectivity index (χ0) is 25.0. The Hall–Kier alpha value is -3.47. The molecule has 1 heterocycles. The van der Waals surface area contributed by atoms with Crippen molar-refractivity contribution in [3.63, 3.8) is 0 Å². The fraction of sp³-hybridized carbons (Fsp3) is 0.0556. The van der Waals surface area contributed by atoms with Crippen molar-refractivity contribution < 1.29 is 73.3 Å². The number of aromatic nitrogens is 2. The van der Waals surface area contributed by atoms with Crippen molar-refractivity contribution >= 4 is 5.78 Å². The molecule has 0 amide bonds. The minimum absolute atomic E-state index is 0. The summed E-state index contributed by atoms with van der Waals surface area (Å²) in [6.45, 7) is 0. The van der Waals surface area contributed by atoms with Gasteiger partial charge in [0.2, 0.25) is 11.7 Å². The molecule has 1 aromatic heterocycles. The molecule has 16 heteroatoms. The first-order valence-corrected chi connectivity index (χ1v) is 8.07. The zero-order valence-corrected chi connectivity index (χ0v) is 18.8. The molecule has 0 aliphatic heterocycles. The van der Waals surface area contributed by atoms with Crippen molar-refractivity contribution in [1.29, 1.82) is 5.26 Å². The van der Waals surface area contributed by atoms with E-state index in [1.54, 1.807) is 0 Å². The number of hydrogen-bond acceptors (Lipinski definition) is 4. The van der Waals surface area contributed by atoms with Crippen molar-refractivity contribution in [2.75, 3.05) is 0 Å². The molecule has 0 aliphatic rings. The topological polar surface area (TPSA) is 78.9 Å². The second-order valence-corrected chi connectivity index (χ2v) is 6.13. The first-order chi connectivity index (χ1) is 15.2. The largest absolute Gasteiger partial charge is 0.493 e. The fourth-order valence-corrected chi connectivity index (χ4v) is 2.71. The molecule has 0 radical (unpaired) electrons. The fourth-order valence-electron chi connectivity index (χ4n) is 2.71. The van der Waals surface area contributed by atoms with Crippen LogP contribution in [0, 0.1) is 52.1 Å². The standard InChI is InChI=1S/C18H3F10N3O2.Zn/c19-6-1-4(2-7(20)11(6)23)15(32)8-16(18(26,27)28)30-31(17(8)33)14-12(24)9(21)5(3-29)10(22)13(14)25;/h1-2,33H;. The van der Waals surface area contributed by atoms with Crippen LogP contribution in [0.15, 0.2) is 12.1 Å². The molecule has 34 heavy (non-hydrogen) atoms. The number of alkyl halides is 3. The maximum Gasteiger partial charge on any atom is 0.436 e. The van der Waals surface area contributed by atoms with E-state index in [-0.39, 0.29) is 31.6 Å². The van der Waals surface area contributed by atoms with E-state index < -0.39 is 91.3 Å². The van der Waals surface area contributed by atoms with Gasteiger partial charge in [0.15, 0.2) is 46.4 Å². The molecule has 0 aliphatic carbocycles. The van der Waals surface area contributed by atoms with E-state index in [4.69, 9.17) is 5.26 Å². The summed E-state index contributed by atoms with van der Waals surface area (Å²) in [4.78, 5) is 12.5. The number of carbonyl (C=O) groups excluding carboxylic acids is 1. The third-order valence-electron chi connectivity index (χ3n) is 4.17. The van der Waals surface area contributed by atoms with E-state index in [1.807, 2.05) is 0 Å². The van der Waals surface area contributed by atoms with Crippen molar-refractivity contribution in [2.24, 2.45) is 0 Å². The monoisotopic (exact) mass is 547 g/mol. The van der Waals surface area contributed by atoms with E-state index in [2.05, 4.69) is 5.10 Å². The Morgan fingerprint density at radius 2 is 1.38 bits per heavy atom. The Bertz CT molecular complexity index is 1330. The quantitative estimate of drug-likeness (QED) is 0.170. The summed E-state index contributed by atoms with van der Waals surface area (Å²) in [5, 5.41) is 21.2. The van der Waals surface area contributed by atoms with Crippen LogP contribution >= 0.6 is 0 Å². The molecule has 0 atom stereocenters. The normalized spacial score (nSPS) is 11.2. The molecular formula is C18H3F10N3O2Zn. The molecule has 0 fully saturated rings. The minimum atomic E-state index is -5.67. The van der Waals surface area contributed by atoms with Crippen LogP contribution < -0.4 is 0 Å². The third-order valence-corrected chi connectivity index (χ3v) is 4.17. The van der Waals surface area contributed by atoms with Gasteiger partial charge in [0, 0.05) is 25.0 Å². The minimum Gasteiger partial charge on any atom is -0.493 e. The summed E-state index contributed by atoms with van der Waals surface area (Å²) in [7, 11) is 0. The first-order valence-electron chi connectivity index (χ1n) is 8.07. The molecule has 3 aromatic rings. The third kappa shape index (κ3) is 4.11. The van der Waals surface area contributed by atoms with Gasteiger partial charge >= 0.3 is 6.18 Å². The Balaban J connectivity index is 0.00000408.